The SMILES string of the molecule is C/C=C/C(C(C)C)[Si](C)(C)c1ccccc1. The monoisotopic (exact) mass is 232 g/mol. The minimum absolute atomic E-state index is 0.720. The Morgan fingerprint density at radius 3 is 2.06 bits per heavy atom. The molecule has 1 aromatic carbocycles. The van der Waals surface area contributed by atoms with Gasteiger partial charge in [0.25, 0.3) is 0 Å². The van der Waals surface area contributed by atoms with Gasteiger partial charge >= 0.3 is 0 Å². The van der Waals surface area contributed by atoms with Crippen LogP contribution in [0.15, 0.2) is 42.5 Å². The summed E-state index contributed by atoms with van der Waals surface area (Å²) in [7, 11) is -1.38. The Morgan fingerprint density at radius 1 is 1.06 bits per heavy atom. The predicted octanol–water partition coefficient (Wildman–Crippen LogP) is 4.20. The molecule has 0 nitrogen and oxygen atoms in total. The van der Waals surface area contributed by atoms with Crippen LogP contribution >= 0.6 is 0 Å². The molecule has 16 heavy (non-hydrogen) atoms. The van der Waals surface area contributed by atoms with Gasteiger partial charge in [-0.15, -0.1) is 0 Å². The summed E-state index contributed by atoms with van der Waals surface area (Å²) >= 11 is 0. The van der Waals surface area contributed by atoms with E-state index in [9.17, 15) is 0 Å². The number of hydrogen-bond acceptors (Lipinski definition) is 0. The molecule has 0 saturated carbocycles. The second-order valence-corrected chi connectivity index (χ2v) is 10.1. The van der Waals surface area contributed by atoms with E-state index in [2.05, 4.69) is 76.3 Å². The molecule has 0 N–H and O–H groups in total. The molecular weight excluding hydrogens is 208 g/mol. The van der Waals surface area contributed by atoms with Gasteiger partial charge in [0.05, 0.1) is 8.07 Å². The van der Waals surface area contributed by atoms with Crippen LogP contribution in [0, 0.1) is 5.92 Å². The van der Waals surface area contributed by atoms with Crippen molar-refractivity contribution in [2.45, 2.75) is 39.4 Å². The highest BCUT2D eigenvalue weighted by molar-refractivity contribution is 6.91. The lowest BCUT2D eigenvalue weighted by Gasteiger charge is -2.34. The lowest BCUT2D eigenvalue weighted by molar-refractivity contribution is 0.646. The summed E-state index contributed by atoms with van der Waals surface area (Å²) in [6.45, 7) is 11.8. The Labute approximate surface area is 101 Å². The number of hydrogen-bond donors (Lipinski definition) is 0. The van der Waals surface area contributed by atoms with Crippen LogP contribution in [0.3, 0.4) is 0 Å². The topological polar surface area (TPSA) is 0 Å². The smallest absolute Gasteiger partial charge is 0.0876 e. The molecule has 1 heteroatoms. The molecule has 1 unspecified atom stereocenters. The molecule has 1 rings (SSSR count). The van der Waals surface area contributed by atoms with E-state index < -0.39 is 8.07 Å². The number of benzene rings is 1. The molecule has 0 aliphatic rings. The van der Waals surface area contributed by atoms with E-state index in [0.29, 0.717) is 0 Å². The van der Waals surface area contributed by atoms with Crippen molar-refractivity contribution in [2.24, 2.45) is 5.92 Å². The van der Waals surface area contributed by atoms with Gasteiger partial charge in [0, 0.05) is 0 Å². The fourth-order valence-corrected chi connectivity index (χ4v) is 6.34. The van der Waals surface area contributed by atoms with Crippen LogP contribution in [0.2, 0.25) is 18.6 Å². The average molecular weight is 232 g/mol. The van der Waals surface area contributed by atoms with E-state index in [-0.39, 0.29) is 0 Å². The van der Waals surface area contributed by atoms with E-state index >= 15 is 0 Å². The molecule has 1 atom stereocenters. The Kier molecular flexibility index (Phi) is 4.54. The van der Waals surface area contributed by atoms with Gasteiger partial charge in [-0.2, -0.15) is 0 Å². The van der Waals surface area contributed by atoms with E-state index in [1.807, 2.05) is 0 Å². The van der Waals surface area contributed by atoms with Gasteiger partial charge in [-0.1, -0.05) is 74.6 Å². The molecule has 0 aliphatic heterocycles. The summed E-state index contributed by atoms with van der Waals surface area (Å²) < 4.78 is 0. The molecule has 88 valence electrons. The van der Waals surface area contributed by atoms with Crippen molar-refractivity contribution in [1.29, 1.82) is 0 Å². The largest absolute Gasteiger partial charge is 0.0917 e. The van der Waals surface area contributed by atoms with E-state index in [1.165, 1.54) is 0 Å². The minimum atomic E-state index is -1.38. The van der Waals surface area contributed by atoms with Crippen LogP contribution in [0.25, 0.3) is 0 Å². The first-order chi connectivity index (χ1) is 7.50. The van der Waals surface area contributed by atoms with Gasteiger partial charge in [-0.05, 0) is 18.4 Å². The Balaban J connectivity index is 3.07. The summed E-state index contributed by atoms with van der Waals surface area (Å²) in [6, 6.07) is 11.0. The van der Waals surface area contributed by atoms with Crippen molar-refractivity contribution < 1.29 is 0 Å². The molecule has 0 amide bonds. The first-order valence-corrected chi connectivity index (χ1v) is 9.26. The first-order valence-electron chi connectivity index (χ1n) is 6.18. The van der Waals surface area contributed by atoms with Gasteiger partial charge in [0.15, 0.2) is 0 Å². The zero-order valence-corrected chi connectivity index (χ0v) is 12.2. The average Bonchev–Trinajstić information content (AvgIpc) is 2.26. The van der Waals surface area contributed by atoms with Crippen LogP contribution < -0.4 is 5.19 Å². The van der Waals surface area contributed by atoms with E-state index in [0.717, 1.165) is 11.5 Å². The lowest BCUT2D eigenvalue weighted by atomic mass is 10.1. The molecule has 0 aliphatic carbocycles. The van der Waals surface area contributed by atoms with Crippen molar-refractivity contribution in [3.63, 3.8) is 0 Å². The van der Waals surface area contributed by atoms with Crippen molar-refractivity contribution in [3.8, 4) is 0 Å². The second kappa shape index (κ2) is 5.49. The maximum absolute atomic E-state index is 2.48. The molecule has 0 saturated heterocycles. The molecule has 0 fully saturated rings. The van der Waals surface area contributed by atoms with Crippen molar-refractivity contribution in [3.05, 3.63) is 42.5 Å². The number of allylic oxidation sites excluding steroid dienone is 2. The van der Waals surface area contributed by atoms with E-state index in [1.54, 1.807) is 5.19 Å². The lowest BCUT2D eigenvalue weighted by Crippen LogP contribution is -2.47. The fourth-order valence-electron chi connectivity index (χ4n) is 2.56. The maximum Gasteiger partial charge on any atom is 0.0876 e. The Bertz CT molecular complexity index is 336. The molecule has 0 radical (unpaired) electrons. The van der Waals surface area contributed by atoms with Gasteiger partial charge in [-0.3, -0.25) is 0 Å². The summed E-state index contributed by atoms with van der Waals surface area (Å²) in [4.78, 5) is 0. The highest BCUT2D eigenvalue weighted by Crippen LogP contribution is 2.31. The molecule has 1 aromatic rings. The summed E-state index contributed by atoms with van der Waals surface area (Å²) in [5, 5.41) is 1.56. The number of rotatable bonds is 4. The normalized spacial score (nSPS) is 14.6. The Morgan fingerprint density at radius 2 is 1.62 bits per heavy atom. The zero-order chi connectivity index (χ0) is 12.2. The molecular formula is C15H24Si. The fraction of sp³-hybridized carbons (Fsp3) is 0.467. The molecule has 0 heterocycles. The second-order valence-electron chi connectivity index (χ2n) is 5.38. The van der Waals surface area contributed by atoms with Crippen molar-refractivity contribution >= 4 is 13.3 Å². The molecule has 0 spiro atoms. The van der Waals surface area contributed by atoms with E-state index in [4.69, 9.17) is 0 Å². The molecule has 0 bridgehead atoms. The highest BCUT2D eigenvalue weighted by Gasteiger charge is 2.33. The quantitative estimate of drug-likeness (QED) is 0.539. The van der Waals surface area contributed by atoms with Crippen molar-refractivity contribution in [2.75, 3.05) is 0 Å². The summed E-state index contributed by atoms with van der Waals surface area (Å²) in [5.74, 6) is 0.720. The first kappa shape index (κ1) is 13.2. The van der Waals surface area contributed by atoms with Crippen LogP contribution in [-0.2, 0) is 0 Å². The maximum atomic E-state index is 2.48. The van der Waals surface area contributed by atoms with Crippen LogP contribution in [0.5, 0.6) is 0 Å². The van der Waals surface area contributed by atoms with Crippen LogP contribution in [0.1, 0.15) is 20.8 Å². The highest BCUT2D eigenvalue weighted by atomic mass is 28.3. The van der Waals surface area contributed by atoms with Gasteiger partial charge < -0.3 is 0 Å². The van der Waals surface area contributed by atoms with Crippen LogP contribution in [0.4, 0.5) is 0 Å². The summed E-state index contributed by atoms with van der Waals surface area (Å²) in [6.07, 6.45) is 4.62. The zero-order valence-electron chi connectivity index (χ0n) is 11.2. The third kappa shape index (κ3) is 2.85. The predicted molar refractivity (Wildman–Crippen MR) is 77.0 cm³/mol. The third-order valence-corrected chi connectivity index (χ3v) is 7.82. The van der Waals surface area contributed by atoms with Gasteiger partial charge in [0.1, 0.15) is 0 Å². The summed E-state index contributed by atoms with van der Waals surface area (Å²) in [5.41, 5.74) is 0.722. The van der Waals surface area contributed by atoms with Crippen molar-refractivity contribution in [1.82, 2.24) is 0 Å². The standard InChI is InChI=1S/C15H24Si/c1-6-10-15(13(2)3)16(4,5)14-11-8-7-9-12-14/h6-13,15H,1-5H3/b10-6+. The molecule has 0 aromatic heterocycles. The Hall–Kier alpha value is -0.823. The van der Waals surface area contributed by atoms with Gasteiger partial charge in [0.2, 0.25) is 0 Å². The van der Waals surface area contributed by atoms with Crippen LogP contribution in [-0.4, -0.2) is 8.07 Å². The third-order valence-electron chi connectivity index (χ3n) is 3.47. The minimum Gasteiger partial charge on any atom is -0.0917 e. The van der Waals surface area contributed by atoms with Gasteiger partial charge in [-0.25, -0.2) is 0 Å².